The predicted octanol–water partition coefficient (Wildman–Crippen LogP) is 1.19. The summed E-state index contributed by atoms with van der Waals surface area (Å²) in [4.78, 5) is 7.26. The van der Waals surface area contributed by atoms with Crippen molar-refractivity contribution in [1.82, 2.24) is 20.0 Å². The molecule has 0 saturated heterocycles. The van der Waals surface area contributed by atoms with Crippen LogP contribution in [0.2, 0.25) is 0 Å². The predicted molar refractivity (Wildman–Crippen MR) is 85.9 cm³/mol. The van der Waals surface area contributed by atoms with E-state index in [1.165, 1.54) is 32.6 Å². The van der Waals surface area contributed by atoms with Crippen LogP contribution in [0.4, 0.5) is 0 Å². The van der Waals surface area contributed by atoms with Crippen molar-refractivity contribution in [1.29, 1.82) is 0 Å². The summed E-state index contributed by atoms with van der Waals surface area (Å²) in [6.07, 6.45) is 1.26. The highest BCUT2D eigenvalue weighted by Gasteiger charge is 2.02. The zero-order valence-electron chi connectivity index (χ0n) is 13.9. The van der Waals surface area contributed by atoms with Gasteiger partial charge in [-0.2, -0.15) is 0 Å². The molecule has 0 fully saturated rings. The van der Waals surface area contributed by atoms with Crippen molar-refractivity contribution in [3.63, 3.8) is 0 Å². The average molecular weight is 272 g/mol. The number of likely N-dealkylation sites (N-methyl/N-ethyl adjacent to an activating group) is 2. The molecule has 0 atom stereocenters. The van der Waals surface area contributed by atoms with Crippen molar-refractivity contribution in [3.8, 4) is 0 Å². The van der Waals surface area contributed by atoms with Gasteiger partial charge in [0, 0.05) is 26.2 Å². The van der Waals surface area contributed by atoms with E-state index in [9.17, 15) is 0 Å². The monoisotopic (exact) mass is 272 g/mol. The largest absolute Gasteiger partial charge is 0.314 e. The molecule has 0 aromatic rings. The Balaban J connectivity index is 3.50. The first-order chi connectivity index (χ1) is 9.13. The lowest BCUT2D eigenvalue weighted by Gasteiger charge is -2.22. The number of rotatable bonds is 13. The van der Waals surface area contributed by atoms with Crippen LogP contribution in [-0.2, 0) is 0 Å². The molecule has 0 saturated carbocycles. The average Bonchev–Trinajstić information content (AvgIpc) is 2.40. The second-order valence-electron chi connectivity index (χ2n) is 5.37. The summed E-state index contributed by atoms with van der Waals surface area (Å²) in [5.41, 5.74) is 0. The van der Waals surface area contributed by atoms with Crippen LogP contribution in [0.25, 0.3) is 0 Å². The molecule has 0 aliphatic heterocycles. The van der Waals surface area contributed by atoms with E-state index in [0.717, 1.165) is 32.7 Å². The second kappa shape index (κ2) is 12.9. The lowest BCUT2D eigenvalue weighted by atomic mass is 10.3. The van der Waals surface area contributed by atoms with Crippen molar-refractivity contribution in [3.05, 3.63) is 0 Å². The minimum atomic E-state index is 1.11. The zero-order valence-corrected chi connectivity index (χ0v) is 13.9. The Morgan fingerprint density at radius 2 is 1.21 bits per heavy atom. The highest BCUT2D eigenvalue weighted by atomic mass is 15.2. The normalized spacial score (nSPS) is 12.0. The van der Waals surface area contributed by atoms with Gasteiger partial charge < -0.3 is 20.0 Å². The van der Waals surface area contributed by atoms with Gasteiger partial charge in [-0.3, -0.25) is 0 Å². The maximum absolute atomic E-state index is 3.55. The van der Waals surface area contributed by atoms with E-state index in [2.05, 4.69) is 54.9 Å². The Morgan fingerprint density at radius 1 is 0.684 bits per heavy atom. The van der Waals surface area contributed by atoms with Gasteiger partial charge in [-0.15, -0.1) is 0 Å². The Kier molecular flexibility index (Phi) is 12.7. The quantitative estimate of drug-likeness (QED) is 0.508. The maximum atomic E-state index is 3.55. The summed E-state index contributed by atoms with van der Waals surface area (Å²) in [7, 11) is 4.29. The molecule has 0 aromatic carbocycles. The van der Waals surface area contributed by atoms with Gasteiger partial charge >= 0.3 is 0 Å². The summed E-state index contributed by atoms with van der Waals surface area (Å²) in [6.45, 7) is 17.1. The van der Waals surface area contributed by atoms with E-state index in [1.54, 1.807) is 0 Å². The highest BCUT2D eigenvalue weighted by molar-refractivity contribution is 4.61. The molecule has 0 bridgehead atoms. The van der Waals surface area contributed by atoms with E-state index in [4.69, 9.17) is 0 Å². The minimum absolute atomic E-state index is 1.11. The molecule has 4 nitrogen and oxygen atoms in total. The first-order valence-electron chi connectivity index (χ1n) is 7.94. The molecule has 4 heteroatoms. The summed E-state index contributed by atoms with van der Waals surface area (Å²) in [5.74, 6) is 0. The Hall–Kier alpha value is -0.160. The van der Waals surface area contributed by atoms with Crippen LogP contribution in [0.15, 0.2) is 0 Å². The van der Waals surface area contributed by atoms with Crippen molar-refractivity contribution in [2.24, 2.45) is 0 Å². The highest BCUT2D eigenvalue weighted by Crippen LogP contribution is 1.92. The second-order valence-corrected chi connectivity index (χ2v) is 5.37. The summed E-state index contributed by atoms with van der Waals surface area (Å²) < 4.78 is 0. The molecule has 0 aliphatic rings. The molecule has 0 aromatic heterocycles. The number of nitrogens with zero attached hydrogens (tertiary/aromatic N) is 3. The van der Waals surface area contributed by atoms with E-state index in [1.807, 2.05) is 0 Å². The van der Waals surface area contributed by atoms with Gasteiger partial charge in [0.15, 0.2) is 0 Å². The summed E-state index contributed by atoms with van der Waals surface area (Å²) >= 11 is 0. The first-order valence-corrected chi connectivity index (χ1v) is 7.94. The van der Waals surface area contributed by atoms with Gasteiger partial charge in [0.1, 0.15) is 0 Å². The minimum Gasteiger partial charge on any atom is -0.314 e. The van der Waals surface area contributed by atoms with E-state index in [0.29, 0.717) is 0 Å². The fourth-order valence-electron chi connectivity index (χ4n) is 2.18. The Labute approximate surface area is 121 Å². The summed E-state index contributed by atoms with van der Waals surface area (Å²) in [5, 5.41) is 3.55. The Bertz CT molecular complexity index is 181. The number of hydrogen-bond acceptors (Lipinski definition) is 4. The van der Waals surface area contributed by atoms with Crippen LogP contribution < -0.4 is 5.32 Å². The molecule has 19 heavy (non-hydrogen) atoms. The topological polar surface area (TPSA) is 21.8 Å². The van der Waals surface area contributed by atoms with Gasteiger partial charge in [0.2, 0.25) is 0 Å². The van der Waals surface area contributed by atoms with Gasteiger partial charge in [0.05, 0.1) is 0 Å². The van der Waals surface area contributed by atoms with Crippen LogP contribution in [0.5, 0.6) is 0 Å². The lowest BCUT2D eigenvalue weighted by molar-refractivity contribution is 0.260. The van der Waals surface area contributed by atoms with Crippen LogP contribution in [0.3, 0.4) is 0 Å². The van der Waals surface area contributed by atoms with Gasteiger partial charge in [-0.1, -0.05) is 20.8 Å². The molecule has 116 valence electrons. The molecule has 0 aliphatic carbocycles. The lowest BCUT2D eigenvalue weighted by Crippen LogP contribution is -2.37. The smallest absolute Gasteiger partial charge is 0.0107 e. The fraction of sp³-hybridized carbons (Fsp3) is 1.00. The van der Waals surface area contributed by atoms with E-state index < -0.39 is 0 Å². The van der Waals surface area contributed by atoms with Gasteiger partial charge in [-0.25, -0.2) is 0 Å². The Morgan fingerprint density at radius 3 is 1.68 bits per heavy atom. The van der Waals surface area contributed by atoms with Crippen molar-refractivity contribution >= 4 is 0 Å². The molecule has 0 amide bonds. The zero-order chi connectivity index (χ0) is 14.5. The first kappa shape index (κ1) is 18.8. The van der Waals surface area contributed by atoms with Crippen LogP contribution in [-0.4, -0.2) is 87.7 Å². The third kappa shape index (κ3) is 11.4. The molecule has 0 unspecified atom stereocenters. The molecule has 0 spiro atoms. The SMILES string of the molecule is CCN(CC)CCNCCN(CC)CCCN(C)C. The van der Waals surface area contributed by atoms with E-state index >= 15 is 0 Å². The van der Waals surface area contributed by atoms with Crippen molar-refractivity contribution in [2.45, 2.75) is 27.2 Å². The van der Waals surface area contributed by atoms with Crippen LogP contribution in [0, 0.1) is 0 Å². The molecular weight excluding hydrogens is 236 g/mol. The van der Waals surface area contributed by atoms with Crippen molar-refractivity contribution in [2.75, 3.05) is 73.0 Å². The molecular formula is C15H36N4. The van der Waals surface area contributed by atoms with Gasteiger partial charge in [0.25, 0.3) is 0 Å². The molecule has 0 radical (unpaired) electrons. The van der Waals surface area contributed by atoms with Crippen LogP contribution >= 0.6 is 0 Å². The molecule has 1 N–H and O–H groups in total. The number of nitrogens with one attached hydrogen (secondary N) is 1. The third-order valence-electron chi connectivity index (χ3n) is 3.63. The van der Waals surface area contributed by atoms with Gasteiger partial charge in [-0.05, 0) is 53.2 Å². The third-order valence-corrected chi connectivity index (χ3v) is 3.63. The standard InChI is InChI=1S/C15H36N4/c1-6-18(7-2)14-10-16-11-15-19(8-3)13-9-12-17(4)5/h16H,6-15H2,1-5H3. The fourth-order valence-corrected chi connectivity index (χ4v) is 2.18. The summed E-state index contributed by atoms with van der Waals surface area (Å²) in [6, 6.07) is 0. The molecule has 0 heterocycles. The van der Waals surface area contributed by atoms with E-state index in [-0.39, 0.29) is 0 Å². The van der Waals surface area contributed by atoms with Crippen LogP contribution in [0.1, 0.15) is 27.2 Å². The van der Waals surface area contributed by atoms with Crippen molar-refractivity contribution < 1.29 is 0 Å². The number of hydrogen-bond donors (Lipinski definition) is 1. The molecule has 0 rings (SSSR count). The maximum Gasteiger partial charge on any atom is 0.0107 e.